The van der Waals surface area contributed by atoms with Crippen LogP contribution in [0.5, 0.6) is 0 Å². The molecule has 2 aromatic heterocycles. The first-order valence-corrected chi connectivity index (χ1v) is 4.76. The number of carboxylic acids is 1. The maximum Gasteiger partial charge on any atom is 0.332 e. The van der Waals surface area contributed by atoms with Crippen molar-refractivity contribution in [2.24, 2.45) is 14.1 Å². The molecule has 91 valence electrons. The molecule has 9 heteroatoms. The summed E-state index contributed by atoms with van der Waals surface area (Å²) in [5, 5.41) is 8.70. The molecular weight excluding hydrogens is 267 g/mol. The number of hydrogen-bond acceptors (Lipinski definition) is 4. The second-order valence-electron chi connectivity index (χ2n) is 3.64. The zero-order valence-electron chi connectivity index (χ0n) is 10.2. The fourth-order valence-electron chi connectivity index (χ4n) is 1.66. The van der Waals surface area contributed by atoms with Crippen LogP contribution in [0.15, 0.2) is 15.9 Å². The normalized spacial score (nSPS) is 10.3. The third kappa shape index (κ3) is 2.36. The molecule has 1 N–H and O–H groups in total. The molecule has 0 spiro atoms. The second-order valence-corrected chi connectivity index (χ2v) is 3.64. The minimum atomic E-state index is -1.08. The number of aliphatic carboxylic acids is 1. The number of nitrogens with zero attached hydrogens (tertiary/aromatic N) is 4. The van der Waals surface area contributed by atoms with Crippen molar-refractivity contribution < 1.29 is 9.90 Å². The molecule has 0 bridgehead atoms. The van der Waals surface area contributed by atoms with E-state index in [1.165, 1.54) is 29.6 Å². The van der Waals surface area contributed by atoms with E-state index in [2.05, 4.69) is 4.98 Å². The van der Waals surface area contributed by atoms with Gasteiger partial charge in [-0.15, -0.1) is 0 Å². The zero-order valence-corrected chi connectivity index (χ0v) is 13.4. The van der Waals surface area contributed by atoms with Crippen LogP contribution in [-0.4, -0.2) is 81.1 Å². The number of imidazole rings is 1. The fraction of sp³-hybridized carbons (Fsp3) is 0.333. The van der Waals surface area contributed by atoms with Gasteiger partial charge in [0.1, 0.15) is 6.54 Å². The standard InChI is InChI=1S/C9H10N4O4.K/c1-11-7-6(8(16)12(2)9(11)17)13(4-10-7)3-5(14)15;/h4H,3H2,1-2H3,(H,14,15);. The van der Waals surface area contributed by atoms with Crippen molar-refractivity contribution in [2.75, 3.05) is 0 Å². The quantitative estimate of drug-likeness (QED) is 0.649. The minimum Gasteiger partial charge on any atom is -0.480 e. The number of rotatable bonds is 2. The van der Waals surface area contributed by atoms with Gasteiger partial charge >= 0.3 is 11.7 Å². The number of carboxylic acid groups (broad SMARTS) is 1. The Hall–Kier alpha value is -0.744. The summed E-state index contributed by atoms with van der Waals surface area (Å²) < 4.78 is 3.33. The Morgan fingerprint density at radius 1 is 1.33 bits per heavy atom. The van der Waals surface area contributed by atoms with Crippen molar-refractivity contribution in [3.63, 3.8) is 0 Å². The van der Waals surface area contributed by atoms with Crippen molar-refractivity contribution in [2.45, 2.75) is 6.54 Å². The first-order chi connectivity index (χ1) is 7.93. The maximum absolute atomic E-state index is 11.9. The van der Waals surface area contributed by atoms with Gasteiger partial charge in [0.15, 0.2) is 11.2 Å². The second kappa shape index (κ2) is 5.49. The molecule has 1 radical (unpaired) electrons. The summed E-state index contributed by atoms with van der Waals surface area (Å²) in [6, 6.07) is 0. The van der Waals surface area contributed by atoms with E-state index in [0.717, 1.165) is 4.57 Å². The van der Waals surface area contributed by atoms with Crippen LogP contribution in [0.1, 0.15) is 0 Å². The van der Waals surface area contributed by atoms with Crippen LogP contribution < -0.4 is 11.2 Å². The van der Waals surface area contributed by atoms with E-state index in [-0.39, 0.29) is 69.1 Å². The van der Waals surface area contributed by atoms with Gasteiger partial charge in [-0.25, -0.2) is 9.78 Å². The summed E-state index contributed by atoms with van der Waals surface area (Å²) in [4.78, 5) is 38.0. The van der Waals surface area contributed by atoms with Crippen LogP contribution in [-0.2, 0) is 25.4 Å². The smallest absolute Gasteiger partial charge is 0.332 e. The van der Waals surface area contributed by atoms with E-state index >= 15 is 0 Å². The Bertz CT molecular complexity index is 726. The van der Waals surface area contributed by atoms with Crippen LogP contribution in [0.25, 0.3) is 11.2 Å². The Labute approximate surface area is 143 Å². The summed E-state index contributed by atoms with van der Waals surface area (Å²) >= 11 is 0. The van der Waals surface area contributed by atoms with Crippen LogP contribution in [0.2, 0.25) is 0 Å². The molecule has 0 saturated heterocycles. The number of aryl methyl sites for hydroxylation is 1. The van der Waals surface area contributed by atoms with Gasteiger partial charge in [0.2, 0.25) is 0 Å². The predicted molar refractivity (Wildman–Crippen MR) is 63.6 cm³/mol. The summed E-state index contributed by atoms with van der Waals surface area (Å²) in [5.41, 5.74) is -0.763. The molecule has 2 heterocycles. The van der Waals surface area contributed by atoms with Gasteiger partial charge in [-0.2, -0.15) is 0 Å². The SMILES string of the molecule is Cn1c(=O)c2c(ncn2CC(=O)O)n(C)c1=O.[K]. The predicted octanol–water partition coefficient (Wildman–Crippen LogP) is -1.86. The van der Waals surface area contributed by atoms with Crippen molar-refractivity contribution in [3.8, 4) is 0 Å². The molecular formula is C9H10KN4O4. The third-order valence-corrected chi connectivity index (χ3v) is 2.52. The number of carbonyl (C=O) groups is 1. The molecule has 0 saturated carbocycles. The van der Waals surface area contributed by atoms with Crippen LogP contribution in [0, 0.1) is 0 Å². The van der Waals surface area contributed by atoms with Gasteiger partial charge in [0, 0.05) is 65.5 Å². The molecule has 0 unspecified atom stereocenters. The fourth-order valence-corrected chi connectivity index (χ4v) is 1.66. The van der Waals surface area contributed by atoms with E-state index in [0.29, 0.717) is 0 Å². The molecule has 18 heavy (non-hydrogen) atoms. The van der Waals surface area contributed by atoms with Crippen molar-refractivity contribution in [1.29, 1.82) is 0 Å². The van der Waals surface area contributed by atoms with Gasteiger partial charge in [0.25, 0.3) is 5.56 Å². The first-order valence-electron chi connectivity index (χ1n) is 4.76. The monoisotopic (exact) mass is 277 g/mol. The van der Waals surface area contributed by atoms with Gasteiger partial charge in [0.05, 0.1) is 6.33 Å². The topological polar surface area (TPSA) is 99.1 Å². The average molecular weight is 277 g/mol. The molecule has 0 aliphatic heterocycles. The summed E-state index contributed by atoms with van der Waals surface area (Å²) in [7, 11) is 2.81. The maximum atomic E-state index is 11.9. The van der Waals surface area contributed by atoms with Crippen LogP contribution >= 0.6 is 0 Å². The summed E-state index contributed by atoms with van der Waals surface area (Å²) in [5.74, 6) is -1.08. The molecule has 0 atom stereocenters. The van der Waals surface area contributed by atoms with E-state index in [9.17, 15) is 14.4 Å². The summed E-state index contributed by atoms with van der Waals surface area (Å²) in [6.07, 6.45) is 1.24. The number of aromatic nitrogens is 4. The van der Waals surface area contributed by atoms with Crippen LogP contribution in [0.4, 0.5) is 0 Å². The Morgan fingerprint density at radius 3 is 2.50 bits per heavy atom. The van der Waals surface area contributed by atoms with Gasteiger partial charge < -0.3 is 9.67 Å². The van der Waals surface area contributed by atoms with Crippen molar-refractivity contribution in [3.05, 3.63) is 27.2 Å². The largest absolute Gasteiger partial charge is 0.480 e. The molecule has 0 aliphatic rings. The zero-order chi connectivity index (χ0) is 12.7. The van der Waals surface area contributed by atoms with E-state index in [4.69, 9.17) is 5.11 Å². The van der Waals surface area contributed by atoms with E-state index in [1.54, 1.807) is 0 Å². The molecule has 0 fully saturated rings. The molecule has 8 nitrogen and oxygen atoms in total. The molecule has 0 aliphatic carbocycles. The van der Waals surface area contributed by atoms with Gasteiger partial charge in [-0.1, -0.05) is 0 Å². The minimum absolute atomic E-state index is 0. The first kappa shape index (κ1) is 15.3. The molecule has 2 aromatic rings. The Kier molecular flexibility index (Phi) is 4.67. The third-order valence-electron chi connectivity index (χ3n) is 2.52. The Balaban J connectivity index is 0.00000162. The van der Waals surface area contributed by atoms with Gasteiger partial charge in [-0.3, -0.25) is 18.7 Å². The van der Waals surface area contributed by atoms with Crippen molar-refractivity contribution in [1.82, 2.24) is 18.7 Å². The number of hydrogen-bond donors (Lipinski definition) is 1. The van der Waals surface area contributed by atoms with Crippen molar-refractivity contribution >= 4 is 68.5 Å². The molecule has 2 rings (SSSR count). The number of fused-ring (bicyclic) bond motifs is 1. The molecule has 0 amide bonds. The van der Waals surface area contributed by atoms with E-state index < -0.39 is 17.2 Å². The molecule has 0 aromatic carbocycles. The van der Waals surface area contributed by atoms with E-state index in [1.807, 2.05) is 0 Å². The van der Waals surface area contributed by atoms with Gasteiger partial charge in [-0.05, 0) is 0 Å². The van der Waals surface area contributed by atoms with Crippen LogP contribution in [0.3, 0.4) is 0 Å². The average Bonchev–Trinajstić information content (AvgIpc) is 2.66. The summed E-state index contributed by atoms with van der Waals surface area (Å²) in [6.45, 7) is -0.371. The Morgan fingerprint density at radius 2 is 1.94 bits per heavy atom.